The van der Waals surface area contributed by atoms with Crippen LogP contribution in [0.5, 0.6) is 0 Å². The minimum absolute atomic E-state index is 0.0152. The highest BCUT2D eigenvalue weighted by atomic mass is 32.2. The minimum atomic E-state index is -1.27. The molecule has 8 heteroatoms. The molecule has 5 nitrogen and oxygen atoms in total. The zero-order chi connectivity index (χ0) is 15.4. The van der Waals surface area contributed by atoms with E-state index in [1.54, 1.807) is 0 Å². The van der Waals surface area contributed by atoms with Crippen molar-refractivity contribution in [3.8, 4) is 0 Å². The third kappa shape index (κ3) is 1.73. The molecule has 1 aliphatic heterocycles. The summed E-state index contributed by atoms with van der Waals surface area (Å²) >= 11 is 1.24. The molecule has 1 aromatic carbocycles. The van der Waals surface area contributed by atoms with Crippen molar-refractivity contribution in [3.63, 3.8) is 0 Å². The van der Waals surface area contributed by atoms with Crippen molar-refractivity contribution < 1.29 is 22.9 Å². The number of nitrogens with zero attached hydrogens (tertiary/aromatic N) is 2. The third-order valence-electron chi connectivity index (χ3n) is 4.21. The highest BCUT2D eigenvalue weighted by Gasteiger charge is 2.46. The van der Waals surface area contributed by atoms with Crippen LogP contribution in [0, 0.1) is 11.6 Å². The van der Waals surface area contributed by atoms with Gasteiger partial charge in [0.05, 0.1) is 17.0 Å². The van der Waals surface area contributed by atoms with Crippen LogP contribution in [0.15, 0.2) is 10.6 Å². The summed E-state index contributed by atoms with van der Waals surface area (Å²) in [6.45, 7) is 0. The molecule has 114 valence electrons. The van der Waals surface area contributed by atoms with Gasteiger partial charge in [-0.15, -0.1) is 0 Å². The molecule has 0 N–H and O–H groups in total. The molecule has 1 aromatic heterocycles. The summed E-state index contributed by atoms with van der Waals surface area (Å²) < 4.78 is 32.5. The molecule has 22 heavy (non-hydrogen) atoms. The number of aldehydes is 1. The Morgan fingerprint density at radius 1 is 1.36 bits per heavy atom. The molecule has 1 saturated heterocycles. The van der Waals surface area contributed by atoms with E-state index in [4.69, 9.17) is 4.52 Å². The van der Waals surface area contributed by atoms with Crippen LogP contribution in [0.3, 0.4) is 0 Å². The average molecular weight is 324 g/mol. The Labute approximate surface area is 127 Å². The molecule has 1 amide bonds. The minimum Gasteiger partial charge on any atom is -0.351 e. The van der Waals surface area contributed by atoms with Crippen molar-refractivity contribution in [2.75, 3.05) is 4.90 Å². The first-order valence-corrected chi connectivity index (χ1v) is 7.72. The van der Waals surface area contributed by atoms with Gasteiger partial charge in [0.25, 0.3) is 5.24 Å². The molecule has 1 saturated carbocycles. The fourth-order valence-electron chi connectivity index (χ4n) is 3.19. The van der Waals surface area contributed by atoms with Crippen molar-refractivity contribution in [1.82, 2.24) is 5.16 Å². The van der Waals surface area contributed by atoms with E-state index in [9.17, 15) is 18.4 Å². The van der Waals surface area contributed by atoms with E-state index >= 15 is 0 Å². The zero-order valence-corrected chi connectivity index (χ0v) is 12.0. The number of fused-ring (bicyclic) bond motifs is 2. The number of hydrogen-bond acceptors (Lipinski definition) is 5. The lowest BCUT2D eigenvalue weighted by Crippen LogP contribution is -2.34. The first kappa shape index (κ1) is 13.7. The maximum Gasteiger partial charge on any atom is 0.287 e. The van der Waals surface area contributed by atoms with E-state index in [1.807, 2.05) is 0 Å². The molecule has 2 atom stereocenters. The van der Waals surface area contributed by atoms with Gasteiger partial charge in [0.2, 0.25) is 11.4 Å². The molecule has 1 aliphatic carbocycles. The molecule has 0 spiro atoms. The van der Waals surface area contributed by atoms with Crippen molar-refractivity contribution in [2.45, 2.75) is 30.6 Å². The fraction of sp³-hybridized carbons (Fsp3) is 0.357. The van der Waals surface area contributed by atoms with Crippen LogP contribution >= 0.6 is 11.8 Å². The Bertz CT molecular complexity index is 807. The molecular weight excluding hydrogens is 314 g/mol. The van der Waals surface area contributed by atoms with E-state index in [0.717, 1.165) is 19.3 Å². The second-order valence-electron chi connectivity index (χ2n) is 5.38. The van der Waals surface area contributed by atoms with Gasteiger partial charge >= 0.3 is 0 Å². The number of carbonyl (C=O) groups excluding carboxylic acids is 2. The first-order valence-electron chi connectivity index (χ1n) is 6.84. The summed E-state index contributed by atoms with van der Waals surface area (Å²) in [4.78, 5) is 24.6. The second kappa shape index (κ2) is 4.77. The van der Waals surface area contributed by atoms with Crippen molar-refractivity contribution in [2.24, 2.45) is 0 Å². The summed E-state index contributed by atoms with van der Waals surface area (Å²) in [5.74, 6) is -2.38. The van der Waals surface area contributed by atoms with Gasteiger partial charge in [-0.05, 0) is 18.9 Å². The Morgan fingerprint density at radius 2 is 2.18 bits per heavy atom. The lowest BCUT2D eigenvalue weighted by Gasteiger charge is -2.19. The monoisotopic (exact) mass is 324 g/mol. The predicted octanol–water partition coefficient (Wildman–Crippen LogP) is 3.51. The lowest BCUT2D eigenvalue weighted by molar-refractivity contribution is 0.111. The van der Waals surface area contributed by atoms with E-state index in [-0.39, 0.29) is 39.6 Å². The number of amides is 1. The van der Waals surface area contributed by atoms with Gasteiger partial charge in [0, 0.05) is 5.25 Å². The van der Waals surface area contributed by atoms with Gasteiger partial charge in [-0.3, -0.25) is 14.5 Å². The number of benzene rings is 1. The van der Waals surface area contributed by atoms with Gasteiger partial charge in [0.15, 0.2) is 17.9 Å². The van der Waals surface area contributed by atoms with E-state index in [2.05, 4.69) is 5.16 Å². The number of anilines is 1. The maximum absolute atomic E-state index is 13.9. The predicted molar refractivity (Wildman–Crippen MR) is 76.2 cm³/mol. The van der Waals surface area contributed by atoms with Gasteiger partial charge in [-0.2, -0.15) is 4.39 Å². The summed E-state index contributed by atoms with van der Waals surface area (Å²) in [5.41, 5.74) is -0.797. The molecule has 2 aliphatic rings. The van der Waals surface area contributed by atoms with Gasteiger partial charge in [0.1, 0.15) is 0 Å². The molecule has 2 fully saturated rings. The summed E-state index contributed by atoms with van der Waals surface area (Å²) in [7, 11) is 0. The largest absolute Gasteiger partial charge is 0.351 e. The van der Waals surface area contributed by atoms with Crippen molar-refractivity contribution >= 4 is 40.1 Å². The molecular formula is C14H10F2N2O3S. The third-order valence-corrected chi connectivity index (χ3v) is 5.46. The standard InChI is InChI=1S/C14H10F2N2O3S/c15-10-6(5-19)4-7-12(11(10)16)21-17-13(7)18-8-2-1-3-9(8)22-14(18)20/h4-5,8-9H,1-3H2/t8-,9+/m1/s1. The summed E-state index contributed by atoms with van der Waals surface area (Å²) in [5, 5.41) is 3.91. The number of thioether (sulfide) groups is 1. The van der Waals surface area contributed by atoms with Crippen LogP contribution in [-0.2, 0) is 0 Å². The van der Waals surface area contributed by atoms with Crippen LogP contribution in [0.2, 0.25) is 0 Å². The number of halogens is 2. The van der Waals surface area contributed by atoms with Crippen LogP contribution < -0.4 is 4.90 Å². The number of aromatic nitrogens is 1. The molecule has 4 rings (SSSR count). The summed E-state index contributed by atoms with van der Waals surface area (Å²) in [6.07, 6.45) is 3.01. The van der Waals surface area contributed by atoms with Crippen LogP contribution in [-0.4, -0.2) is 28.0 Å². The van der Waals surface area contributed by atoms with Crippen LogP contribution in [0.4, 0.5) is 19.4 Å². The van der Waals surface area contributed by atoms with Gasteiger partial charge in [-0.25, -0.2) is 4.39 Å². The highest BCUT2D eigenvalue weighted by Crippen LogP contribution is 2.45. The van der Waals surface area contributed by atoms with Crippen molar-refractivity contribution in [3.05, 3.63) is 23.3 Å². The Hall–Kier alpha value is -1.96. The van der Waals surface area contributed by atoms with Gasteiger partial charge < -0.3 is 4.52 Å². The van der Waals surface area contributed by atoms with Crippen LogP contribution in [0.25, 0.3) is 11.0 Å². The normalized spacial score (nSPS) is 24.3. The van der Waals surface area contributed by atoms with Crippen molar-refractivity contribution in [1.29, 1.82) is 0 Å². The lowest BCUT2D eigenvalue weighted by atomic mass is 10.1. The topological polar surface area (TPSA) is 63.4 Å². The van der Waals surface area contributed by atoms with E-state index in [0.29, 0.717) is 0 Å². The first-order chi connectivity index (χ1) is 10.6. The Kier molecular flexibility index (Phi) is 2.97. The fourth-order valence-corrected chi connectivity index (χ4v) is 4.48. The SMILES string of the molecule is O=Cc1cc2c(N3C(=O)S[C@H]4CCC[C@H]43)noc2c(F)c1F. The average Bonchev–Trinajstić information content (AvgIpc) is 3.17. The maximum atomic E-state index is 13.9. The summed E-state index contributed by atoms with van der Waals surface area (Å²) in [6, 6.07) is 1.16. The van der Waals surface area contributed by atoms with Gasteiger partial charge in [-0.1, -0.05) is 23.3 Å². The second-order valence-corrected chi connectivity index (χ2v) is 6.58. The molecule has 2 aromatic rings. The molecule has 0 unspecified atom stereocenters. The zero-order valence-electron chi connectivity index (χ0n) is 11.2. The molecule has 0 bridgehead atoms. The molecule has 0 radical (unpaired) electrons. The molecule has 2 heterocycles. The number of hydrogen-bond donors (Lipinski definition) is 0. The Balaban J connectivity index is 1.91. The number of rotatable bonds is 2. The van der Waals surface area contributed by atoms with E-state index < -0.39 is 17.2 Å². The highest BCUT2D eigenvalue weighted by molar-refractivity contribution is 8.14. The van der Waals surface area contributed by atoms with Crippen LogP contribution in [0.1, 0.15) is 29.6 Å². The van der Waals surface area contributed by atoms with E-state index in [1.165, 1.54) is 22.7 Å². The smallest absolute Gasteiger partial charge is 0.287 e. The number of carbonyl (C=O) groups is 2. The Morgan fingerprint density at radius 3 is 2.95 bits per heavy atom. The quantitative estimate of drug-likeness (QED) is 0.791.